The fourth-order valence-corrected chi connectivity index (χ4v) is 3.52. The molecule has 2 unspecified atom stereocenters. The number of aliphatic imine (C=N–C) groups is 1. The first kappa shape index (κ1) is 15.2. The highest BCUT2D eigenvalue weighted by atomic mass is 32.2. The number of carbonyl (C=O) groups excluding carboxylic acids is 1. The molecule has 1 amide bonds. The maximum Gasteiger partial charge on any atom is 0.286 e. The Hall–Kier alpha value is -1.66. The van der Waals surface area contributed by atoms with Crippen LogP contribution in [-0.2, 0) is 9.53 Å². The van der Waals surface area contributed by atoms with Crippen LogP contribution in [0.5, 0.6) is 0 Å². The van der Waals surface area contributed by atoms with Gasteiger partial charge in [0.2, 0.25) is 0 Å². The number of thioether (sulfide) groups is 1. The minimum Gasteiger partial charge on any atom is -0.372 e. The van der Waals surface area contributed by atoms with Gasteiger partial charge in [0.05, 0.1) is 17.1 Å². The molecule has 0 N–H and O–H groups in total. The molecule has 0 radical (unpaired) electrons. The van der Waals surface area contributed by atoms with E-state index < -0.39 is 0 Å². The third-order valence-corrected chi connectivity index (χ3v) is 4.54. The molecule has 22 heavy (non-hydrogen) atoms. The van der Waals surface area contributed by atoms with Gasteiger partial charge in [-0.3, -0.25) is 4.79 Å². The molecule has 1 fully saturated rings. The number of benzene rings is 1. The van der Waals surface area contributed by atoms with Gasteiger partial charge in [0.15, 0.2) is 5.17 Å². The Labute approximate surface area is 133 Å². The van der Waals surface area contributed by atoms with Gasteiger partial charge >= 0.3 is 0 Å². The zero-order valence-electron chi connectivity index (χ0n) is 12.5. The second kappa shape index (κ2) is 6.22. The van der Waals surface area contributed by atoms with Gasteiger partial charge in [0.1, 0.15) is 5.82 Å². The standard InChI is InChI=1S/C16H17FN2O2S/c1-10-8-19(9-11(2)21-10)16-18-15(20)14(22-16)7-12-5-3-4-6-13(12)17/h3-7,10-11H,8-9H2,1-2H3. The fraction of sp³-hybridized carbons (Fsp3) is 0.375. The third kappa shape index (κ3) is 3.23. The van der Waals surface area contributed by atoms with Crippen molar-refractivity contribution in [2.45, 2.75) is 26.1 Å². The molecule has 2 atom stereocenters. The highest BCUT2D eigenvalue weighted by molar-refractivity contribution is 8.18. The Balaban J connectivity index is 1.78. The quantitative estimate of drug-likeness (QED) is 0.746. The molecule has 0 aromatic heterocycles. The summed E-state index contributed by atoms with van der Waals surface area (Å²) >= 11 is 1.30. The van der Waals surface area contributed by atoms with E-state index in [-0.39, 0.29) is 23.9 Å². The van der Waals surface area contributed by atoms with Crippen molar-refractivity contribution in [1.82, 2.24) is 4.90 Å². The van der Waals surface area contributed by atoms with Gasteiger partial charge in [-0.2, -0.15) is 4.99 Å². The lowest BCUT2D eigenvalue weighted by atomic mass is 10.2. The van der Waals surface area contributed by atoms with E-state index in [1.54, 1.807) is 24.3 Å². The van der Waals surface area contributed by atoms with Gasteiger partial charge in [-0.25, -0.2) is 4.39 Å². The molecule has 0 aliphatic carbocycles. The van der Waals surface area contributed by atoms with Gasteiger partial charge in [0.25, 0.3) is 5.91 Å². The number of ether oxygens (including phenoxy) is 1. The van der Waals surface area contributed by atoms with Crippen LogP contribution < -0.4 is 0 Å². The number of nitrogens with zero attached hydrogens (tertiary/aromatic N) is 2. The maximum atomic E-state index is 13.7. The molecule has 6 heteroatoms. The lowest BCUT2D eigenvalue weighted by Crippen LogP contribution is -2.47. The van der Waals surface area contributed by atoms with E-state index in [2.05, 4.69) is 9.89 Å². The van der Waals surface area contributed by atoms with Gasteiger partial charge in [-0.05, 0) is 37.8 Å². The Bertz CT molecular complexity index is 649. The van der Waals surface area contributed by atoms with Crippen molar-refractivity contribution in [2.75, 3.05) is 13.1 Å². The van der Waals surface area contributed by atoms with Crippen molar-refractivity contribution in [3.05, 3.63) is 40.6 Å². The molecule has 0 spiro atoms. The summed E-state index contributed by atoms with van der Waals surface area (Å²) in [4.78, 5) is 18.7. The van der Waals surface area contributed by atoms with Crippen LogP contribution >= 0.6 is 11.8 Å². The van der Waals surface area contributed by atoms with E-state index in [0.29, 0.717) is 28.7 Å². The summed E-state index contributed by atoms with van der Waals surface area (Å²) in [6.45, 7) is 5.41. The molecule has 0 saturated carbocycles. The zero-order chi connectivity index (χ0) is 15.7. The van der Waals surface area contributed by atoms with Crippen molar-refractivity contribution in [1.29, 1.82) is 0 Å². The molecule has 1 aromatic carbocycles. The van der Waals surface area contributed by atoms with Crippen molar-refractivity contribution in [3.63, 3.8) is 0 Å². The molecule has 2 aliphatic heterocycles. The van der Waals surface area contributed by atoms with E-state index in [9.17, 15) is 9.18 Å². The number of hydrogen-bond donors (Lipinski definition) is 0. The number of halogens is 1. The van der Waals surface area contributed by atoms with Gasteiger partial charge in [-0.1, -0.05) is 18.2 Å². The lowest BCUT2D eigenvalue weighted by molar-refractivity contribution is -0.113. The first-order chi connectivity index (χ1) is 10.5. The number of amides is 1. The Morgan fingerprint density at radius 1 is 1.32 bits per heavy atom. The molecular formula is C16H17FN2O2S. The van der Waals surface area contributed by atoms with E-state index in [1.807, 2.05) is 13.8 Å². The minimum absolute atomic E-state index is 0.0988. The number of carbonyl (C=O) groups is 1. The van der Waals surface area contributed by atoms with Crippen LogP contribution in [0.2, 0.25) is 0 Å². The van der Waals surface area contributed by atoms with E-state index in [1.165, 1.54) is 17.8 Å². The van der Waals surface area contributed by atoms with Crippen molar-refractivity contribution >= 4 is 28.9 Å². The van der Waals surface area contributed by atoms with Gasteiger partial charge in [0, 0.05) is 18.7 Å². The SMILES string of the molecule is CC1CN(C2=NC(=O)C(=Cc3ccccc3F)S2)CC(C)O1. The molecule has 116 valence electrons. The maximum absolute atomic E-state index is 13.7. The van der Waals surface area contributed by atoms with Crippen LogP contribution in [0.25, 0.3) is 6.08 Å². The van der Waals surface area contributed by atoms with E-state index in [4.69, 9.17) is 4.74 Å². The predicted molar refractivity (Wildman–Crippen MR) is 86.0 cm³/mol. The smallest absolute Gasteiger partial charge is 0.286 e. The number of hydrogen-bond acceptors (Lipinski definition) is 4. The van der Waals surface area contributed by atoms with E-state index >= 15 is 0 Å². The second-order valence-electron chi connectivity index (χ2n) is 5.49. The molecule has 2 heterocycles. The summed E-state index contributed by atoms with van der Waals surface area (Å²) in [5.74, 6) is -0.652. The fourth-order valence-electron chi connectivity index (χ4n) is 2.60. The Kier molecular flexibility index (Phi) is 4.31. The largest absolute Gasteiger partial charge is 0.372 e. The van der Waals surface area contributed by atoms with Crippen LogP contribution in [0, 0.1) is 5.82 Å². The topological polar surface area (TPSA) is 41.9 Å². The van der Waals surface area contributed by atoms with Crippen molar-refractivity contribution < 1.29 is 13.9 Å². The first-order valence-corrected chi connectivity index (χ1v) is 8.02. The van der Waals surface area contributed by atoms with Crippen LogP contribution in [-0.4, -0.2) is 41.3 Å². The number of morpholine rings is 1. The van der Waals surface area contributed by atoms with Crippen LogP contribution in [0.4, 0.5) is 4.39 Å². The van der Waals surface area contributed by atoms with Crippen LogP contribution in [0.1, 0.15) is 19.4 Å². The third-order valence-electron chi connectivity index (χ3n) is 3.49. The zero-order valence-corrected chi connectivity index (χ0v) is 13.3. The van der Waals surface area contributed by atoms with Crippen LogP contribution in [0.15, 0.2) is 34.2 Å². The van der Waals surface area contributed by atoms with Gasteiger partial charge in [-0.15, -0.1) is 0 Å². The molecular weight excluding hydrogens is 303 g/mol. The summed E-state index contributed by atoms with van der Waals surface area (Å²) in [7, 11) is 0. The highest BCUT2D eigenvalue weighted by Crippen LogP contribution is 2.31. The Morgan fingerprint density at radius 3 is 2.68 bits per heavy atom. The second-order valence-corrected chi connectivity index (χ2v) is 6.50. The molecule has 1 aromatic rings. The molecule has 4 nitrogen and oxygen atoms in total. The minimum atomic E-state index is -0.342. The summed E-state index contributed by atoms with van der Waals surface area (Å²) in [5, 5.41) is 0.676. The molecule has 2 aliphatic rings. The van der Waals surface area contributed by atoms with Crippen molar-refractivity contribution in [2.24, 2.45) is 4.99 Å². The number of rotatable bonds is 1. The molecule has 1 saturated heterocycles. The molecule has 3 rings (SSSR count). The lowest BCUT2D eigenvalue weighted by Gasteiger charge is -2.35. The number of amidine groups is 1. The summed E-state index contributed by atoms with van der Waals surface area (Å²) in [6.07, 6.45) is 1.76. The van der Waals surface area contributed by atoms with Crippen LogP contribution in [0.3, 0.4) is 0 Å². The van der Waals surface area contributed by atoms with Crippen molar-refractivity contribution in [3.8, 4) is 0 Å². The summed E-state index contributed by atoms with van der Waals surface area (Å²) in [6, 6.07) is 6.39. The summed E-state index contributed by atoms with van der Waals surface area (Å²) < 4.78 is 19.4. The highest BCUT2D eigenvalue weighted by Gasteiger charge is 2.31. The predicted octanol–water partition coefficient (Wildman–Crippen LogP) is 2.91. The Morgan fingerprint density at radius 2 is 2.00 bits per heavy atom. The molecule has 0 bridgehead atoms. The first-order valence-electron chi connectivity index (χ1n) is 7.20. The average Bonchev–Trinajstić information content (AvgIpc) is 2.82. The van der Waals surface area contributed by atoms with E-state index in [0.717, 1.165) is 0 Å². The van der Waals surface area contributed by atoms with Gasteiger partial charge < -0.3 is 9.64 Å². The monoisotopic (exact) mass is 320 g/mol. The normalized spacial score (nSPS) is 27.4. The summed E-state index contributed by atoms with van der Waals surface area (Å²) in [5.41, 5.74) is 0.401. The average molecular weight is 320 g/mol.